The first kappa shape index (κ1) is 16.8. The normalized spacial score (nSPS) is 21.5. The molecule has 1 aromatic carbocycles. The van der Waals surface area contributed by atoms with E-state index in [9.17, 15) is 8.78 Å². The highest BCUT2D eigenvalue weighted by molar-refractivity contribution is 9.10. The molecule has 3 N–H and O–H groups in total. The molecule has 1 fully saturated rings. The number of rotatable bonds is 5. The Morgan fingerprint density at radius 2 is 2.29 bits per heavy atom. The van der Waals surface area contributed by atoms with Crippen molar-refractivity contribution in [2.75, 3.05) is 26.2 Å². The second-order valence-electron chi connectivity index (χ2n) is 5.11. The summed E-state index contributed by atoms with van der Waals surface area (Å²) in [4.78, 5) is 2.21. The van der Waals surface area contributed by atoms with Crippen LogP contribution in [0, 0.1) is 11.6 Å². The van der Waals surface area contributed by atoms with E-state index in [1.165, 1.54) is 12.1 Å². The van der Waals surface area contributed by atoms with E-state index in [-0.39, 0.29) is 10.0 Å². The van der Waals surface area contributed by atoms with Crippen LogP contribution in [0.25, 0.3) is 0 Å². The van der Waals surface area contributed by atoms with Crippen molar-refractivity contribution in [2.45, 2.75) is 25.5 Å². The van der Waals surface area contributed by atoms with Gasteiger partial charge in [-0.05, 0) is 41.0 Å². The van der Waals surface area contributed by atoms with Gasteiger partial charge in [-0.25, -0.2) is 8.78 Å². The number of hydrogen-bond donors (Lipinski definition) is 2. The predicted molar refractivity (Wildman–Crippen MR) is 80.6 cm³/mol. The van der Waals surface area contributed by atoms with Crippen molar-refractivity contribution in [2.24, 2.45) is 5.84 Å². The van der Waals surface area contributed by atoms with Crippen LogP contribution in [0.5, 0.6) is 0 Å². The smallest absolute Gasteiger partial charge is 0.145 e. The number of ether oxygens (including phenoxy) is 1. The molecule has 0 aromatic heterocycles. The maximum absolute atomic E-state index is 14.2. The van der Waals surface area contributed by atoms with E-state index >= 15 is 0 Å². The lowest BCUT2D eigenvalue weighted by Crippen LogP contribution is -2.50. The molecule has 0 amide bonds. The molecule has 118 valence electrons. The van der Waals surface area contributed by atoms with Gasteiger partial charge in [-0.2, -0.15) is 0 Å². The molecular formula is C14H20BrF2N3O. The Morgan fingerprint density at radius 1 is 1.52 bits per heavy atom. The van der Waals surface area contributed by atoms with Crippen molar-refractivity contribution in [1.82, 2.24) is 10.3 Å². The van der Waals surface area contributed by atoms with Crippen LogP contribution in [-0.2, 0) is 4.74 Å². The topological polar surface area (TPSA) is 50.5 Å². The van der Waals surface area contributed by atoms with Crippen LogP contribution in [-0.4, -0.2) is 37.2 Å². The van der Waals surface area contributed by atoms with Gasteiger partial charge in [0, 0.05) is 18.7 Å². The summed E-state index contributed by atoms with van der Waals surface area (Å²) in [5.74, 6) is 4.27. The maximum Gasteiger partial charge on any atom is 0.145 e. The van der Waals surface area contributed by atoms with Gasteiger partial charge in [-0.1, -0.05) is 6.92 Å². The first-order valence-electron chi connectivity index (χ1n) is 7.02. The van der Waals surface area contributed by atoms with Gasteiger partial charge in [-0.15, -0.1) is 0 Å². The molecule has 4 nitrogen and oxygen atoms in total. The zero-order valence-corrected chi connectivity index (χ0v) is 13.5. The van der Waals surface area contributed by atoms with Crippen LogP contribution < -0.4 is 11.3 Å². The molecule has 7 heteroatoms. The van der Waals surface area contributed by atoms with Crippen molar-refractivity contribution >= 4 is 15.9 Å². The monoisotopic (exact) mass is 363 g/mol. The number of halogens is 3. The summed E-state index contributed by atoms with van der Waals surface area (Å²) in [6.07, 6.45) is 0.626. The van der Waals surface area contributed by atoms with Crippen LogP contribution in [0.3, 0.4) is 0 Å². The number of nitrogens with zero attached hydrogens (tertiary/aromatic N) is 1. The molecule has 0 saturated carbocycles. The van der Waals surface area contributed by atoms with Gasteiger partial charge >= 0.3 is 0 Å². The fourth-order valence-electron chi connectivity index (χ4n) is 2.66. The summed E-state index contributed by atoms with van der Waals surface area (Å²) in [5, 5.41) is 0. The van der Waals surface area contributed by atoms with Crippen molar-refractivity contribution < 1.29 is 13.5 Å². The van der Waals surface area contributed by atoms with Gasteiger partial charge in [0.15, 0.2) is 0 Å². The van der Waals surface area contributed by atoms with Crippen molar-refractivity contribution in [3.8, 4) is 0 Å². The maximum atomic E-state index is 14.2. The summed E-state index contributed by atoms with van der Waals surface area (Å²) >= 11 is 3.08. The van der Waals surface area contributed by atoms with Gasteiger partial charge in [-0.3, -0.25) is 16.2 Å². The number of hydrazine groups is 1. The molecular weight excluding hydrogens is 344 g/mol. The Kier molecular flexibility index (Phi) is 6.07. The molecule has 0 aliphatic carbocycles. The lowest BCUT2D eigenvalue weighted by atomic mass is 9.99. The average Bonchev–Trinajstić information content (AvgIpc) is 2.48. The third-order valence-corrected chi connectivity index (χ3v) is 4.27. The Bertz CT molecular complexity index is 488. The van der Waals surface area contributed by atoms with Crippen LogP contribution in [0.2, 0.25) is 0 Å². The van der Waals surface area contributed by atoms with Crippen molar-refractivity contribution in [1.29, 1.82) is 0 Å². The van der Waals surface area contributed by atoms with Gasteiger partial charge in [0.2, 0.25) is 0 Å². The minimum absolute atomic E-state index is 0.0878. The number of hydrogen-bond acceptors (Lipinski definition) is 4. The van der Waals surface area contributed by atoms with Crippen LogP contribution in [0.15, 0.2) is 16.6 Å². The molecule has 21 heavy (non-hydrogen) atoms. The van der Waals surface area contributed by atoms with Crippen molar-refractivity contribution in [3.63, 3.8) is 0 Å². The van der Waals surface area contributed by atoms with E-state index in [2.05, 4.69) is 33.2 Å². The zero-order chi connectivity index (χ0) is 15.4. The lowest BCUT2D eigenvalue weighted by Gasteiger charge is -2.37. The standard InChI is InChI=1S/C14H20BrF2N3O/c1-2-5-20-6-7-21-11(8-20)14(19-18)12-10(16)4-3-9(15)13(12)17/h3-4,11,14,19H,2,5-8,18H2,1H3. The zero-order valence-electron chi connectivity index (χ0n) is 11.9. The van der Waals surface area contributed by atoms with E-state index in [0.29, 0.717) is 13.2 Å². The third kappa shape index (κ3) is 3.78. The van der Waals surface area contributed by atoms with Crippen LogP contribution >= 0.6 is 15.9 Å². The highest BCUT2D eigenvalue weighted by atomic mass is 79.9. The van der Waals surface area contributed by atoms with E-state index < -0.39 is 23.8 Å². The Morgan fingerprint density at radius 3 is 2.95 bits per heavy atom. The summed E-state index contributed by atoms with van der Waals surface area (Å²) in [6, 6.07) is 1.83. The summed E-state index contributed by atoms with van der Waals surface area (Å²) in [7, 11) is 0. The lowest BCUT2D eigenvalue weighted by molar-refractivity contribution is -0.0481. The second-order valence-corrected chi connectivity index (χ2v) is 5.97. The number of nitrogens with one attached hydrogen (secondary N) is 1. The fraction of sp³-hybridized carbons (Fsp3) is 0.571. The van der Waals surface area contributed by atoms with E-state index in [4.69, 9.17) is 10.6 Å². The van der Waals surface area contributed by atoms with Gasteiger partial charge < -0.3 is 4.74 Å². The quantitative estimate of drug-likeness (QED) is 0.479. The molecule has 0 radical (unpaired) electrons. The van der Waals surface area contributed by atoms with E-state index in [1.54, 1.807) is 0 Å². The van der Waals surface area contributed by atoms with Crippen LogP contribution in [0.1, 0.15) is 24.9 Å². The van der Waals surface area contributed by atoms with Gasteiger partial charge in [0.1, 0.15) is 11.6 Å². The SMILES string of the molecule is CCCN1CCOC(C(NN)c2c(F)ccc(Br)c2F)C1. The molecule has 2 atom stereocenters. The minimum atomic E-state index is -0.734. The molecule has 1 aliphatic heterocycles. The predicted octanol–water partition coefficient (Wildman–Crippen LogP) is 2.34. The fourth-order valence-corrected chi connectivity index (χ4v) is 3.00. The molecule has 1 heterocycles. The molecule has 2 unspecified atom stereocenters. The van der Waals surface area contributed by atoms with Crippen LogP contribution in [0.4, 0.5) is 8.78 Å². The molecule has 1 saturated heterocycles. The van der Waals surface area contributed by atoms with Gasteiger partial charge in [0.25, 0.3) is 0 Å². The largest absolute Gasteiger partial charge is 0.374 e. The molecule has 1 aliphatic rings. The number of benzene rings is 1. The van der Waals surface area contributed by atoms with Crippen molar-refractivity contribution in [3.05, 3.63) is 33.8 Å². The first-order valence-corrected chi connectivity index (χ1v) is 7.81. The molecule has 1 aromatic rings. The number of nitrogens with two attached hydrogens (primary N) is 1. The number of morpholine rings is 1. The Labute approximate surface area is 131 Å². The summed E-state index contributed by atoms with van der Waals surface area (Å²) < 4.78 is 34.2. The highest BCUT2D eigenvalue weighted by Gasteiger charge is 2.32. The van der Waals surface area contributed by atoms with E-state index in [1.807, 2.05) is 0 Å². The molecule has 0 bridgehead atoms. The van der Waals surface area contributed by atoms with Gasteiger partial charge in [0.05, 0.1) is 23.2 Å². The Hall–Kier alpha value is -0.600. The first-order chi connectivity index (χ1) is 10.1. The highest BCUT2D eigenvalue weighted by Crippen LogP contribution is 2.30. The minimum Gasteiger partial charge on any atom is -0.374 e. The molecule has 2 rings (SSSR count). The Balaban J connectivity index is 2.25. The molecule has 0 spiro atoms. The van der Waals surface area contributed by atoms with E-state index in [0.717, 1.165) is 19.5 Å². The summed E-state index contributed by atoms with van der Waals surface area (Å²) in [6.45, 7) is 4.97. The second kappa shape index (κ2) is 7.60. The summed E-state index contributed by atoms with van der Waals surface area (Å²) in [5.41, 5.74) is 2.42. The average molecular weight is 364 g/mol. The third-order valence-electron chi connectivity index (χ3n) is 3.66.